The summed E-state index contributed by atoms with van der Waals surface area (Å²) in [5, 5.41) is 7.21. The standard InChI is InChI=1S/C46H38BrN5O/c1-32(33-14-13-21-37(47)30-33)49-44(53)39-24-25-42-46(40-22-11-12-23-41(40)50-43(39)46)52(31-51(42)38-26-28-48-29-27-38)45(34-15-5-2-6-16-34,35-17-7-3-8-18-35)36-19-9-4-10-20-36/h2-30,32,42,50H,31H2,1H3,(H,49,53). The lowest BCUT2D eigenvalue weighted by Crippen LogP contribution is -2.59. The molecule has 0 saturated carbocycles. The average molecular weight is 757 g/mol. The van der Waals surface area contributed by atoms with Crippen LogP contribution in [0.25, 0.3) is 0 Å². The van der Waals surface area contributed by atoms with Crippen LogP contribution in [0.2, 0.25) is 0 Å². The molecule has 3 atom stereocenters. The van der Waals surface area contributed by atoms with Crippen molar-refractivity contribution in [2.75, 3.05) is 16.9 Å². The normalized spacial score (nSPS) is 19.6. The summed E-state index contributed by atoms with van der Waals surface area (Å²) in [7, 11) is 0. The van der Waals surface area contributed by atoms with Gasteiger partial charge in [0.1, 0.15) is 5.54 Å². The van der Waals surface area contributed by atoms with Crippen LogP contribution in [0.4, 0.5) is 11.4 Å². The van der Waals surface area contributed by atoms with Crippen molar-refractivity contribution in [3.05, 3.63) is 220 Å². The Morgan fingerprint density at radius 1 is 0.811 bits per heavy atom. The third kappa shape index (κ3) is 5.18. The lowest BCUT2D eigenvalue weighted by Gasteiger charge is -2.52. The molecule has 9 rings (SSSR count). The number of hydrogen-bond donors (Lipinski definition) is 2. The number of aromatic nitrogens is 1. The van der Waals surface area contributed by atoms with Crippen LogP contribution >= 0.6 is 15.9 Å². The second kappa shape index (κ2) is 13.3. The fraction of sp³-hybridized carbons (Fsp3) is 0.130. The van der Waals surface area contributed by atoms with Crippen LogP contribution in [0.5, 0.6) is 0 Å². The molecule has 0 radical (unpaired) electrons. The first-order valence-electron chi connectivity index (χ1n) is 18.0. The minimum absolute atomic E-state index is 0.131. The van der Waals surface area contributed by atoms with Crippen LogP contribution in [0.3, 0.4) is 0 Å². The van der Waals surface area contributed by atoms with Crippen molar-refractivity contribution < 1.29 is 4.79 Å². The SMILES string of the molecule is CC(NC(=O)C1=C2Nc3ccccc3C23C(C=C1)N(c1ccncc1)CN3C(c1ccccc1)(c1ccccc1)c1ccccc1)c1cccc(Br)c1. The number of fused-ring (bicyclic) bond motifs is 1. The van der Waals surface area contributed by atoms with Crippen LogP contribution in [0.15, 0.2) is 192 Å². The van der Waals surface area contributed by atoms with E-state index in [0.717, 1.165) is 49.4 Å². The van der Waals surface area contributed by atoms with Gasteiger partial charge >= 0.3 is 0 Å². The fourth-order valence-electron chi connectivity index (χ4n) is 8.88. The Kier molecular flexibility index (Phi) is 8.33. The quantitative estimate of drug-likeness (QED) is 0.152. The van der Waals surface area contributed by atoms with Crippen molar-refractivity contribution >= 4 is 33.2 Å². The van der Waals surface area contributed by atoms with Gasteiger partial charge in [0.15, 0.2) is 0 Å². The van der Waals surface area contributed by atoms with E-state index in [1.807, 2.05) is 43.6 Å². The van der Waals surface area contributed by atoms with Crippen LogP contribution in [-0.2, 0) is 15.9 Å². The molecule has 1 aliphatic carbocycles. The van der Waals surface area contributed by atoms with Crippen molar-refractivity contribution in [1.82, 2.24) is 15.2 Å². The molecule has 7 heteroatoms. The number of para-hydroxylation sites is 1. The number of nitrogens with zero attached hydrogens (tertiary/aromatic N) is 3. The molecule has 6 nitrogen and oxygen atoms in total. The summed E-state index contributed by atoms with van der Waals surface area (Å²) in [6.45, 7) is 2.58. The van der Waals surface area contributed by atoms with E-state index in [-0.39, 0.29) is 18.0 Å². The minimum atomic E-state index is -0.832. The van der Waals surface area contributed by atoms with Gasteiger partial charge in [0.25, 0.3) is 5.91 Å². The fourth-order valence-corrected chi connectivity index (χ4v) is 9.29. The Bertz CT molecular complexity index is 2250. The molecule has 3 unspecified atom stereocenters. The van der Waals surface area contributed by atoms with Gasteiger partial charge in [-0.2, -0.15) is 0 Å². The Hall–Kier alpha value is -5.76. The lowest BCUT2D eigenvalue weighted by atomic mass is 9.69. The molecule has 1 saturated heterocycles. The third-order valence-electron chi connectivity index (χ3n) is 11.1. The first-order valence-corrected chi connectivity index (χ1v) is 18.8. The first-order chi connectivity index (χ1) is 26.0. The van der Waals surface area contributed by atoms with E-state index in [1.54, 1.807) is 0 Å². The van der Waals surface area contributed by atoms with Gasteiger partial charge in [-0.05, 0) is 65.6 Å². The second-order valence-corrected chi connectivity index (χ2v) is 14.7. The molecule has 2 N–H and O–H groups in total. The maximum Gasteiger partial charge on any atom is 0.253 e. The summed E-state index contributed by atoms with van der Waals surface area (Å²) >= 11 is 3.61. The Balaban J connectivity index is 1.35. The predicted molar refractivity (Wildman–Crippen MR) is 215 cm³/mol. The molecule has 5 aromatic carbocycles. The Morgan fingerprint density at radius 3 is 2.04 bits per heavy atom. The monoisotopic (exact) mass is 755 g/mol. The highest BCUT2D eigenvalue weighted by atomic mass is 79.9. The van der Waals surface area contributed by atoms with Crippen molar-refractivity contribution in [2.24, 2.45) is 0 Å². The summed E-state index contributed by atoms with van der Waals surface area (Å²) in [4.78, 5) is 24.2. The third-order valence-corrected chi connectivity index (χ3v) is 11.6. The van der Waals surface area contributed by atoms with Gasteiger partial charge < -0.3 is 15.5 Å². The molecular formula is C46H38BrN5O. The van der Waals surface area contributed by atoms with Crippen LogP contribution in [-0.4, -0.2) is 28.5 Å². The number of carbonyl (C=O) groups excluding carboxylic acids is 1. The zero-order valence-corrected chi connectivity index (χ0v) is 30.8. The number of benzene rings is 5. The molecule has 6 aromatic rings. The summed E-state index contributed by atoms with van der Waals surface area (Å²) in [6.07, 6.45) is 7.97. The molecule has 1 aromatic heterocycles. The molecule has 53 heavy (non-hydrogen) atoms. The van der Waals surface area contributed by atoms with Gasteiger partial charge in [0.2, 0.25) is 0 Å². The number of amides is 1. The predicted octanol–water partition coefficient (Wildman–Crippen LogP) is 9.31. The van der Waals surface area contributed by atoms with Gasteiger partial charge in [-0.25, -0.2) is 0 Å². The van der Waals surface area contributed by atoms with Gasteiger partial charge in [0, 0.05) is 33.8 Å². The molecule has 2 aliphatic heterocycles. The van der Waals surface area contributed by atoms with Crippen molar-refractivity contribution in [3.63, 3.8) is 0 Å². The topological polar surface area (TPSA) is 60.5 Å². The van der Waals surface area contributed by atoms with Crippen molar-refractivity contribution in [1.29, 1.82) is 0 Å². The number of pyridine rings is 1. The van der Waals surface area contributed by atoms with Gasteiger partial charge in [-0.1, -0.05) is 143 Å². The van der Waals surface area contributed by atoms with Gasteiger partial charge in [-0.3, -0.25) is 14.7 Å². The maximum atomic E-state index is 14.8. The van der Waals surface area contributed by atoms with E-state index in [1.165, 1.54) is 0 Å². The average Bonchev–Trinajstić information content (AvgIpc) is 3.75. The summed E-state index contributed by atoms with van der Waals surface area (Å²) < 4.78 is 0.974. The molecule has 1 amide bonds. The van der Waals surface area contributed by atoms with E-state index in [2.05, 4.69) is 181 Å². The Labute approximate surface area is 318 Å². The molecule has 3 aliphatic rings. The summed E-state index contributed by atoms with van der Waals surface area (Å²) in [6, 6.07) is 52.8. The smallest absolute Gasteiger partial charge is 0.253 e. The van der Waals surface area contributed by atoms with E-state index < -0.39 is 11.1 Å². The largest absolute Gasteiger partial charge is 0.356 e. The molecule has 260 valence electrons. The minimum Gasteiger partial charge on any atom is -0.356 e. The number of rotatable bonds is 8. The number of hydrogen-bond acceptors (Lipinski definition) is 5. The van der Waals surface area contributed by atoms with Crippen molar-refractivity contribution in [3.8, 4) is 0 Å². The molecule has 1 fully saturated rings. The second-order valence-electron chi connectivity index (χ2n) is 13.8. The first kappa shape index (κ1) is 33.1. The van der Waals surface area contributed by atoms with Gasteiger partial charge in [-0.15, -0.1) is 0 Å². The van der Waals surface area contributed by atoms with Crippen LogP contribution in [0, 0.1) is 0 Å². The van der Waals surface area contributed by atoms with Crippen LogP contribution in [0.1, 0.15) is 40.8 Å². The van der Waals surface area contributed by atoms with E-state index >= 15 is 0 Å². The number of nitrogens with one attached hydrogen (secondary N) is 2. The van der Waals surface area contributed by atoms with Gasteiger partial charge in [0.05, 0.1) is 35.6 Å². The van der Waals surface area contributed by atoms with Crippen LogP contribution < -0.4 is 15.5 Å². The Morgan fingerprint density at radius 2 is 1.42 bits per heavy atom. The van der Waals surface area contributed by atoms with E-state index in [0.29, 0.717) is 12.2 Å². The zero-order valence-electron chi connectivity index (χ0n) is 29.2. The molecule has 3 heterocycles. The number of anilines is 2. The van der Waals surface area contributed by atoms with E-state index in [4.69, 9.17) is 0 Å². The van der Waals surface area contributed by atoms with Crippen molar-refractivity contribution in [2.45, 2.75) is 30.1 Å². The summed E-state index contributed by atoms with van der Waals surface area (Å²) in [5.74, 6) is -0.131. The molecule has 0 bridgehead atoms. The summed E-state index contributed by atoms with van der Waals surface area (Å²) in [5.41, 5.74) is 7.45. The van der Waals surface area contributed by atoms with E-state index in [9.17, 15) is 4.79 Å². The highest BCUT2D eigenvalue weighted by Gasteiger charge is 2.66. The number of halogens is 1. The number of carbonyl (C=O) groups is 1. The highest BCUT2D eigenvalue weighted by molar-refractivity contribution is 9.10. The lowest BCUT2D eigenvalue weighted by molar-refractivity contribution is -0.118. The maximum absolute atomic E-state index is 14.8. The zero-order chi connectivity index (χ0) is 36.0. The molecular weight excluding hydrogens is 718 g/mol. The molecule has 1 spiro atoms. The highest BCUT2D eigenvalue weighted by Crippen LogP contribution is 2.62.